The normalized spacial score (nSPS) is 11.6. The highest BCUT2D eigenvalue weighted by molar-refractivity contribution is 6.30. The molecule has 1 aromatic carbocycles. The van der Waals surface area contributed by atoms with Crippen LogP contribution in [0.3, 0.4) is 0 Å². The van der Waals surface area contributed by atoms with Crippen LogP contribution in [0.1, 0.15) is 25.0 Å². The van der Waals surface area contributed by atoms with Crippen molar-refractivity contribution in [3.63, 3.8) is 0 Å². The summed E-state index contributed by atoms with van der Waals surface area (Å²) in [5.74, 6) is 3.23. The second-order valence-electron chi connectivity index (χ2n) is 6.57. The van der Waals surface area contributed by atoms with Gasteiger partial charge in [0.1, 0.15) is 24.7 Å². The molecule has 0 aliphatic heterocycles. The molecule has 2 rings (SSSR count). The van der Waals surface area contributed by atoms with Gasteiger partial charge in [0.15, 0.2) is 11.8 Å². The summed E-state index contributed by atoms with van der Waals surface area (Å²) in [6.45, 7) is 7.78. The van der Waals surface area contributed by atoms with Crippen molar-refractivity contribution in [2.24, 2.45) is 12.0 Å². The lowest BCUT2D eigenvalue weighted by molar-refractivity contribution is 0.145. The van der Waals surface area contributed by atoms with E-state index < -0.39 is 0 Å². The van der Waals surface area contributed by atoms with Gasteiger partial charge in [0, 0.05) is 38.9 Å². The van der Waals surface area contributed by atoms with Gasteiger partial charge in [0.2, 0.25) is 0 Å². The first-order valence-electron chi connectivity index (χ1n) is 9.81. The molecule has 0 radical (unpaired) electrons. The van der Waals surface area contributed by atoms with E-state index in [1.54, 1.807) is 6.07 Å². The van der Waals surface area contributed by atoms with E-state index in [-0.39, 0.29) is 0 Å². The number of ether oxygens (including phenoxy) is 2. The van der Waals surface area contributed by atoms with Crippen LogP contribution in [0, 0.1) is 6.92 Å². The van der Waals surface area contributed by atoms with Crippen LogP contribution in [0.5, 0.6) is 5.75 Å². The van der Waals surface area contributed by atoms with Gasteiger partial charge in [-0.3, -0.25) is 0 Å². The zero-order chi connectivity index (χ0) is 21.1. The Kier molecular flexibility index (Phi) is 9.73. The molecule has 0 fully saturated rings. The summed E-state index contributed by atoms with van der Waals surface area (Å²) in [7, 11) is 3.93. The minimum absolute atomic E-state index is 0.449. The molecule has 0 atom stereocenters. The Bertz CT molecular complexity index is 780. The molecule has 0 unspecified atom stereocenters. The number of guanidine groups is 1. The molecule has 29 heavy (non-hydrogen) atoms. The zero-order valence-electron chi connectivity index (χ0n) is 17.7. The van der Waals surface area contributed by atoms with Crippen LogP contribution in [-0.4, -0.2) is 65.6 Å². The van der Waals surface area contributed by atoms with Gasteiger partial charge in [-0.1, -0.05) is 17.7 Å². The van der Waals surface area contributed by atoms with E-state index in [1.165, 1.54) is 0 Å². The maximum Gasteiger partial charge on any atom is 0.194 e. The first-order valence-corrected chi connectivity index (χ1v) is 10.2. The third kappa shape index (κ3) is 7.91. The van der Waals surface area contributed by atoms with E-state index in [4.69, 9.17) is 26.1 Å². The number of halogens is 1. The first kappa shape index (κ1) is 23.0. The quantitative estimate of drug-likeness (QED) is 0.341. The van der Waals surface area contributed by atoms with Crippen LogP contribution in [-0.2, 0) is 18.3 Å². The van der Waals surface area contributed by atoms with Crippen LogP contribution in [0.25, 0.3) is 0 Å². The van der Waals surface area contributed by atoms with Crippen LogP contribution in [0.2, 0.25) is 5.02 Å². The number of likely N-dealkylation sites (N-methyl/N-ethyl adjacent to an activating group) is 1. The van der Waals surface area contributed by atoms with Gasteiger partial charge < -0.3 is 24.3 Å². The van der Waals surface area contributed by atoms with Gasteiger partial charge in [-0.2, -0.15) is 0 Å². The molecular formula is C20H31ClN6O2. The molecule has 9 heteroatoms. The molecule has 1 N–H and O–H groups in total. The van der Waals surface area contributed by atoms with Crippen molar-refractivity contribution in [2.45, 2.75) is 26.8 Å². The van der Waals surface area contributed by atoms with E-state index in [9.17, 15) is 0 Å². The van der Waals surface area contributed by atoms with Crippen molar-refractivity contribution >= 4 is 17.6 Å². The van der Waals surface area contributed by atoms with Crippen molar-refractivity contribution in [3.05, 3.63) is 40.9 Å². The standard InChI is InChI=1S/C20H31ClN6O2/c1-5-28-12-7-10-22-20(23-15-19-25-24-16(2)27(19)4)26(3)11-13-29-18-9-6-8-17(21)14-18/h6,8-9,14H,5,7,10-13,15H2,1-4H3,(H,22,23). The fourth-order valence-corrected chi connectivity index (χ4v) is 2.71. The summed E-state index contributed by atoms with van der Waals surface area (Å²) in [5.41, 5.74) is 0. The van der Waals surface area contributed by atoms with E-state index in [1.807, 2.05) is 55.6 Å². The molecule has 0 aliphatic carbocycles. The van der Waals surface area contributed by atoms with E-state index in [2.05, 4.69) is 15.5 Å². The fourth-order valence-electron chi connectivity index (χ4n) is 2.53. The largest absolute Gasteiger partial charge is 0.492 e. The van der Waals surface area contributed by atoms with Crippen LogP contribution in [0.4, 0.5) is 0 Å². The van der Waals surface area contributed by atoms with Crippen molar-refractivity contribution in [1.82, 2.24) is 25.0 Å². The second kappa shape index (κ2) is 12.3. The number of aliphatic imine (C=N–C) groups is 1. The molecule has 0 amide bonds. The molecule has 160 valence electrons. The summed E-state index contributed by atoms with van der Waals surface area (Å²) >= 11 is 6.00. The van der Waals surface area contributed by atoms with Gasteiger partial charge in [0.05, 0.1) is 6.54 Å². The number of aromatic nitrogens is 3. The van der Waals surface area contributed by atoms with Crippen molar-refractivity contribution in [2.75, 3.05) is 40.0 Å². The Labute approximate surface area is 177 Å². The highest BCUT2D eigenvalue weighted by Crippen LogP contribution is 2.16. The van der Waals surface area contributed by atoms with Gasteiger partial charge in [0.25, 0.3) is 0 Å². The smallest absolute Gasteiger partial charge is 0.194 e. The van der Waals surface area contributed by atoms with Crippen LogP contribution >= 0.6 is 11.6 Å². The lowest BCUT2D eigenvalue weighted by atomic mass is 10.3. The Balaban J connectivity index is 1.92. The van der Waals surface area contributed by atoms with Crippen molar-refractivity contribution < 1.29 is 9.47 Å². The Morgan fingerprint density at radius 1 is 1.31 bits per heavy atom. The predicted octanol–water partition coefficient (Wildman–Crippen LogP) is 2.66. The molecule has 0 spiro atoms. The molecular weight excluding hydrogens is 392 g/mol. The summed E-state index contributed by atoms with van der Waals surface area (Å²) in [4.78, 5) is 6.75. The number of rotatable bonds is 11. The average molecular weight is 423 g/mol. The monoisotopic (exact) mass is 422 g/mol. The van der Waals surface area contributed by atoms with E-state index in [0.717, 1.165) is 49.5 Å². The van der Waals surface area contributed by atoms with Crippen molar-refractivity contribution in [1.29, 1.82) is 0 Å². The number of hydrogen-bond acceptors (Lipinski definition) is 5. The first-order chi connectivity index (χ1) is 14.0. The second-order valence-corrected chi connectivity index (χ2v) is 7.00. The molecule has 0 saturated heterocycles. The third-order valence-electron chi connectivity index (χ3n) is 4.36. The Morgan fingerprint density at radius 3 is 2.83 bits per heavy atom. The van der Waals surface area contributed by atoms with E-state index >= 15 is 0 Å². The third-order valence-corrected chi connectivity index (χ3v) is 4.59. The number of nitrogens with zero attached hydrogens (tertiary/aromatic N) is 5. The lowest BCUT2D eigenvalue weighted by Gasteiger charge is -2.22. The highest BCUT2D eigenvalue weighted by Gasteiger charge is 2.09. The molecule has 8 nitrogen and oxygen atoms in total. The van der Waals surface area contributed by atoms with Gasteiger partial charge in [-0.25, -0.2) is 4.99 Å². The Hall–Kier alpha value is -2.32. The van der Waals surface area contributed by atoms with Gasteiger partial charge >= 0.3 is 0 Å². The fraction of sp³-hybridized carbons (Fsp3) is 0.550. The molecule has 0 saturated carbocycles. The summed E-state index contributed by atoms with van der Waals surface area (Å²) in [6, 6.07) is 7.39. The lowest BCUT2D eigenvalue weighted by Crippen LogP contribution is -2.41. The van der Waals surface area contributed by atoms with Crippen LogP contribution < -0.4 is 10.1 Å². The van der Waals surface area contributed by atoms with Crippen molar-refractivity contribution in [3.8, 4) is 5.75 Å². The number of nitrogens with one attached hydrogen (secondary N) is 1. The van der Waals surface area contributed by atoms with Crippen LogP contribution in [0.15, 0.2) is 29.3 Å². The van der Waals surface area contributed by atoms with Gasteiger partial charge in [-0.05, 0) is 38.5 Å². The summed E-state index contributed by atoms with van der Waals surface area (Å²) in [6.07, 6.45) is 0.906. The van der Waals surface area contributed by atoms with Gasteiger partial charge in [-0.15, -0.1) is 10.2 Å². The predicted molar refractivity (Wildman–Crippen MR) is 116 cm³/mol. The number of aryl methyl sites for hydroxylation is 1. The average Bonchev–Trinajstić information content (AvgIpc) is 3.02. The Morgan fingerprint density at radius 2 is 2.14 bits per heavy atom. The summed E-state index contributed by atoms with van der Waals surface area (Å²) < 4.78 is 13.1. The zero-order valence-corrected chi connectivity index (χ0v) is 18.4. The number of hydrogen-bond donors (Lipinski definition) is 1. The topological polar surface area (TPSA) is 76.8 Å². The molecule has 1 heterocycles. The maximum atomic E-state index is 6.00. The summed E-state index contributed by atoms with van der Waals surface area (Å²) in [5, 5.41) is 12.3. The minimum Gasteiger partial charge on any atom is -0.492 e. The SMILES string of the molecule is CCOCCCNC(=NCc1nnc(C)n1C)N(C)CCOc1cccc(Cl)c1. The molecule has 0 aliphatic rings. The highest BCUT2D eigenvalue weighted by atomic mass is 35.5. The molecule has 2 aromatic rings. The molecule has 1 aromatic heterocycles. The van der Waals surface area contributed by atoms with E-state index in [0.29, 0.717) is 24.7 Å². The maximum absolute atomic E-state index is 6.00. The molecule has 0 bridgehead atoms. The number of benzene rings is 1. The minimum atomic E-state index is 0.449.